The maximum atomic E-state index is 12.6. The Kier molecular flexibility index (Phi) is 5.39. The van der Waals surface area contributed by atoms with E-state index in [1.54, 1.807) is 36.7 Å². The molecule has 2 aromatic heterocycles. The second-order valence-electron chi connectivity index (χ2n) is 5.40. The molecule has 1 aromatic carbocycles. The van der Waals surface area contributed by atoms with E-state index in [2.05, 4.69) is 30.3 Å². The van der Waals surface area contributed by atoms with Crippen molar-refractivity contribution in [3.63, 3.8) is 0 Å². The minimum absolute atomic E-state index is 0.136. The molecule has 0 aliphatic carbocycles. The molecule has 0 saturated heterocycles. The van der Waals surface area contributed by atoms with Gasteiger partial charge in [-0.05, 0) is 31.2 Å². The lowest BCUT2D eigenvalue weighted by molar-refractivity contribution is -0.274. The van der Waals surface area contributed by atoms with E-state index >= 15 is 0 Å². The molecular formula is C18H16F3N5O. The van der Waals surface area contributed by atoms with Crippen LogP contribution in [-0.2, 0) is 0 Å². The molecule has 140 valence electrons. The SMILES string of the molecule is CCNc1nc(Nc2ccccc2OC(F)(F)F)cc(-c2ccncc2)n1. The van der Waals surface area contributed by atoms with Crippen LogP contribution in [0.2, 0.25) is 0 Å². The molecule has 9 heteroatoms. The topological polar surface area (TPSA) is 72.0 Å². The maximum Gasteiger partial charge on any atom is 0.573 e. The second kappa shape index (κ2) is 7.90. The smallest absolute Gasteiger partial charge is 0.404 e. The zero-order chi connectivity index (χ0) is 19.3. The number of benzene rings is 1. The molecule has 0 fully saturated rings. The number of pyridine rings is 1. The van der Waals surface area contributed by atoms with Crippen molar-refractivity contribution in [1.29, 1.82) is 0 Å². The van der Waals surface area contributed by atoms with Crippen LogP contribution in [0.3, 0.4) is 0 Å². The van der Waals surface area contributed by atoms with E-state index in [9.17, 15) is 13.2 Å². The number of nitrogens with one attached hydrogen (secondary N) is 2. The number of ether oxygens (including phenoxy) is 1. The first kappa shape index (κ1) is 18.4. The summed E-state index contributed by atoms with van der Waals surface area (Å²) in [5.74, 6) is 0.327. The lowest BCUT2D eigenvalue weighted by Crippen LogP contribution is -2.18. The van der Waals surface area contributed by atoms with Crippen molar-refractivity contribution < 1.29 is 17.9 Å². The normalized spacial score (nSPS) is 11.1. The van der Waals surface area contributed by atoms with Crippen LogP contribution >= 0.6 is 0 Å². The largest absolute Gasteiger partial charge is 0.573 e. The Balaban J connectivity index is 1.96. The lowest BCUT2D eigenvalue weighted by Gasteiger charge is -2.15. The van der Waals surface area contributed by atoms with Gasteiger partial charge < -0.3 is 15.4 Å². The third-order valence-corrected chi connectivity index (χ3v) is 3.41. The molecule has 3 rings (SSSR count). The van der Waals surface area contributed by atoms with E-state index in [4.69, 9.17) is 0 Å². The molecule has 0 saturated carbocycles. The number of nitrogens with zero attached hydrogens (tertiary/aromatic N) is 3. The summed E-state index contributed by atoms with van der Waals surface area (Å²) in [7, 11) is 0. The van der Waals surface area contributed by atoms with Crippen molar-refractivity contribution in [2.24, 2.45) is 0 Å². The first-order valence-corrected chi connectivity index (χ1v) is 8.10. The number of hydrogen-bond acceptors (Lipinski definition) is 6. The Morgan fingerprint density at radius 2 is 1.78 bits per heavy atom. The van der Waals surface area contributed by atoms with Crippen molar-refractivity contribution in [3.05, 3.63) is 54.9 Å². The monoisotopic (exact) mass is 375 g/mol. The van der Waals surface area contributed by atoms with Crippen LogP contribution in [-0.4, -0.2) is 27.9 Å². The summed E-state index contributed by atoms with van der Waals surface area (Å²) in [5, 5.41) is 5.88. The number of para-hydroxylation sites is 2. The van der Waals surface area contributed by atoms with Gasteiger partial charge in [0, 0.05) is 30.6 Å². The van der Waals surface area contributed by atoms with Crippen molar-refractivity contribution >= 4 is 17.5 Å². The van der Waals surface area contributed by atoms with Gasteiger partial charge in [0.1, 0.15) is 5.82 Å². The molecule has 0 bridgehead atoms. The van der Waals surface area contributed by atoms with Gasteiger partial charge in [0.05, 0.1) is 11.4 Å². The molecule has 6 nitrogen and oxygen atoms in total. The molecule has 0 atom stereocenters. The Labute approximate surface area is 153 Å². The van der Waals surface area contributed by atoms with Crippen molar-refractivity contribution in [2.45, 2.75) is 13.3 Å². The van der Waals surface area contributed by atoms with E-state index in [1.165, 1.54) is 18.2 Å². The predicted molar refractivity (Wildman–Crippen MR) is 95.8 cm³/mol. The molecule has 0 radical (unpaired) electrons. The number of hydrogen-bond donors (Lipinski definition) is 2. The number of halogens is 3. The minimum atomic E-state index is -4.79. The van der Waals surface area contributed by atoms with E-state index < -0.39 is 6.36 Å². The van der Waals surface area contributed by atoms with Gasteiger partial charge in [0.2, 0.25) is 5.95 Å². The van der Waals surface area contributed by atoms with Gasteiger partial charge in [0.25, 0.3) is 0 Å². The molecule has 0 spiro atoms. The highest BCUT2D eigenvalue weighted by molar-refractivity contribution is 5.69. The lowest BCUT2D eigenvalue weighted by atomic mass is 10.2. The third kappa shape index (κ3) is 5.06. The third-order valence-electron chi connectivity index (χ3n) is 3.41. The van der Waals surface area contributed by atoms with Crippen molar-refractivity contribution in [3.8, 4) is 17.0 Å². The van der Waals surface area contributed by atoms with Gasteiger partial charge >= 0.3 is 6.36 Å². The summed E-state index contributed by atoms with van der Waals surface area (Å²) < 4.78 is 41.9. The number of rotatable bonds is 6. The fourth-order valence-corrected chi connectivity index (χ4v) is 2.34. The summed E-state index contributed by atoms with van der Waals surface area (Å²) in [5.41, 5.74) is 1.53. The first-order valence-electron chi connectivity index (χ1n) is 8.10. The Morgan fingerprint density at radius 1 is 1.04 bits per heavy atom. The van der Waals surface area contributed by atoms with Gasteiger partial charge in [-0.25, -0.2) is 4.98 Å². The molecule has 27 heavy (non-hydrogen) atoms. The number of aromatic nitrogens is 3. The Bertz CT molecular complexity index is 903. The van der Waals surface area contributed by atoms with Crippen LogP contribution in [0.5, 0.6) is 5.75 Å². The fraction of sp³-hybridized carbons (Fsp3) is 0.167. The summed E-state index contributed by atoms with van der Waals surface area (Å²) in [6.07, 6.45) is -1.53. The van der Waals surface area contributed by atoms with Gasteiger partial charge in [-0.3, -0.25) is 4.98 Å². The maximum absolute atomic E-state index is 12.6. The quantitative estimate of drug-likeness (QED) is 0.655. The van der Waals surface area contributed by atoms with Gasteiger partial charge in [0.15, 0.2) is 5.75 Å². The van der Waals surface area contributed by atoms with Crippen LogP contribution in [0, 0.1) is 0 Å². The predicted octanol–water partition coefficient (Wildman–Crippen LogP) is 4.61. The molecule has 0 amide bonds. The Hall–Kier alpha value is -3.36. The van der Waals surface area contributed by atoms with Crippen LogP contribution < -0.4 is 15.4 Å². The molecule has 2 heterocycles. The van der Waals surface area contributed by atoms with E-state index in [0.717, 1.165) is 5.56 Å². The highest BCUT2D eigenvalue weighted by Gasteiger charge is 2.32. The molecule has 0 unspecified atom stereocenters. The van der Waals surface area contributed by atoms with Gasteiger partial charge in [-0.2, -0.15) is 4.98 Å². The highest BCUT2D eigenvalue weighted by atomic mass is 19.4. The average molecular weight is 375 g/mol. The van der Waals surface area contributed by atoms with Crippen molar-refractivity contribution in [2.75, 3.05) is 17.2 Å². The highest BCUT2D eigenvalue weighted by Crippen LogP contribution is 2.32. The fourth-order valence-electron chi connectivity index (χ4n) is 2.34. The molecule has 3 aromatic rings. The van der Waals surface area contributed by atoms with Gasteiger partial charge in [-0.1, -0.05) is 12.1 Å². The van der Waals surface area contributed by atoms with E-state index in [0.29, 0.717) is 24.0 Å². The van der Waals surface area contributed by atoms with Crippen LogP contribution in [0.15, 0.2) is 54.9 Å². The van der Waals surface area contributed by atoms with Crippen molar-refractivity contribution in [1.82, 2.24) is 15.0 Å². The van der Waals surface area contributed by atoms with Crippen LogP contribution in [0.4, 0.5) is 30.6 Å². The summed E-state index contributed by atoms with van der Waals surface area (Å²) in [6, 6.07) is 11.0. The molecule has 0 aliphatic rings. The second-order valence-corrected chi connectivity index (χ2v) is 5.40. The van der Waals surface area contributed by atoms with E-state index in [-0.39, 0.29) is 11.4 Å². The first-order chi connectivity index (χ1) is 12.9. The minimum Gasteiger partial charge on any atom is -0.404 e. The molecule has 0 aliphatic heterocycles. The Morgan fingerprint density at radius 3 is 2.48 bits per heavy atom. The molecule has 2 N–H and O–H groups in total. The van der Waals surface area contributed by atoms with Crippen LogP contribution in [0.25, 0.3) is 11.3 Å². The summed E-state index contributed by atoms with van der Waals surface area (Å²) in [4.78, 5) is 12.7. The number of anilines is 3. The zero-order valence-corrected chi connectivity index (χ0v) is 14.3. The summed E-state index contributed by atoms with van der Waals surface area (Å²) in [6.45, 7) is 2.48. The van der Waals surface area contributed by atoms with Gasteiger partial charge in [-0.15, -0.1) is 13.2 Å². The van der Waals surface area contributed by atoms with Crippen LogP contribution in [0.1, 0.15) is 6.92 Å². The average Bonchev–Trinajstić information content (AvgIpc) is 2.63. The summed E-state index contributed by atoms with van der Waals surface area (Å²) >= 11 is 0. The number of alkyl halides is 3. The molecular weight excluding hydrogens is 359 g/mol. The van der Waals surface area contributed by atoms with E-state index in [1.807, 2.05) is 6.92 Å². The zero-order valence-electron chi connectivity index (χ0n) is 14.3. The standard InChI is InChI=1S/C18H16F3N5O/c1-2-23-17-25-14(12-7-9-22-10-8-12)11-16(26-17)24-13-5-3-4-6-15(13)27-18(19,20)21/h3-11H,2H2,1H3,(H2,23,24,25,26).